The minimum Gasteiger partial charge on any atom is -0.378 e. The lowest BCUT2D eigenvalue weighted by atomic mass is 9.94. The zero-order valence-corrected chi connectivity index (χ0v) is 10.5. The highest BCUT2D eigenvalue weighted by atomic mass is 16.5. The topological polar surface area (TPSA) is 38.5 Å². The summed E-state index contributed by atoms with van der Waals surface area (Å²) in [5.74, 6) is 1.62. The molecule has 1 saturated heterocycles. The third-order valence-corrected chi connectivity index (χ3v) is 4.41. The van der Waals surface area contributed by atoms with Crippen molar-refractivity contribution in [1.29, 1.82) is 0 Å². The summed E-state index contributed by atoms with van der Waals surface area (Å²) in [6.45, 7) is 7.36. The first-order valence-corrected chi connectivity index (χ1v) is 6.87. The second-order valence-electron chi connectivity index (χ2n) is 5.32. The molecule has 0 bridgehead atoms. The average Bonchev–Trinajstić information content (AvgIpc) is 2.77. The highest BCUT2D eigenvalue weighted by molar-refractivity contribution is 4.83. The molecule has 3 nitrogen and oxygen atoms in total. The first kappa shape index (κ1) is 12.3. The number of hydrogen-bond acceptors (Lipinski definition) is 3. The molecule has 1 aliphatic carbocycles. The molecule has 1 heterocycles. The third-order valence-electron chi connectivity index (χ3n) is 4.41. The molecule has 1 saturated carbocycles. The van der Waals surface area contributed by atoms with Crippen molar-refractivity contribution in [2.45, 2.75) is 38.6 Å². The summed E-state index contributed by atoms with van der Waals surface area (Å²) in [5, 5.41) is 0. The first-order valence-electron chi connectivity index (χ1n) is 6.87. The predicted octanol–water partition coefficient (Wildman–Crippen LogP) is 1.47. The lowest BCUT2D eigenvalue weighted by Gasteiger charge is -2.37. The van der Waals surface area contributed by atoms with Gasteiger partial charge in [-0.3, -0.25) is 4.90 Å². The lowest BCUT2D eigenvalue weighted by Crippen LogP contribution is -2.47. The molecule has 0 aromatic rings. The van der Waals surface area contributed by atoms with E-state index in [1.807, 2.05) is 0 Å². The van der Waals surface area contributed by atoms with Gasteiger partial charge in [0.1, 0.15) is 0 Å². The summed E-state index contributed by atoms with van der Waals surface area (Å²) in [7, 11) is 0. The van der Waals surface area contributed by atoms with E-state index in [1.165, 1.54) is 32.2 Å². The van der Waals surface area contributed by atoms with Crippen LogP contribution < -0.4 is 5.73 Å². The van der Waals surface area contributed by atoms with Crippen LogP contribution >= 0.6 is 0 Å². The maximum absolute atomic E-state index is 5.85. The van der Waals surface area contributed by atoms with Crippen molar-refractivity contribution >= 4 is 0 Å². The molecule has 16 heavy (non-hydrogen) atoms. The first-order chi connectivity index (χ1) is 7.85. The monoisotopic (exact) mass is 226 g/mol. The molecule has 2 rings (SSSR count). The Morgan fingerprint density at radius 1 is 1.31 bits per heavy atom. The van der Waals surface area contributed by atoms with Gasteiger partial charge in [0.05, 0.1) is 13.2 Å². The van der Waals surface area contributed by atoms with Crippen molar-refractivity contribution in [3.8, 4) is 0 Å². The second kappa shape index (κ2) is 5.99. The molecule has 3 atom stereocenters. The minimum atomic E-state index is 0.646. The predicted molar refractivity (Wildman–Crippen MR) is 66.4 cm³/mol. The normalized spacial score (nSPS) is 36.8. The Labute approximate surface area is 99.3 Å². The van der Waals surface area contributed by atoms with Crippen LogP contribution in [0.5, 0.6) is 0 Å². The third kappa shape index (κ3) is 2.76. The van der Waals surface area contributed by atoms with Gasteiger partial charge in [-0.1, -0.05) is 13.3 Å². The van der Waals surface area contributed by atoms with Gasteiger partial charge in [-0.2, -0.15) is 0 Å². The quantitative estimate of drug-likeness (QED) is 0.789. The Morgan fingerprint density at radius 3 is 2.88 bits per heavy atom. The van der Waals surface area contributed by atoms with Crippen molar-refractivity contribution in [2.24, 2.45) is 17.6 Å². The van der Waals surface area contributed by atoms with Crippen LogP contribution in [0.15, 0.2) is 0 Å². The van der Waals surface area contributed by atoms with E-state index >= 15 is 0 Å². The van der Waals surface area contributed by atoms with E-state index in [9.17, 15) is 0 Å². The maximum Gasteiger partial charge on any atom is 0.0622 e. The maximum atomic E-state index is 5.85. The van der Waals surface area contributed by atoms with Crippen molar-refractivity contribution in [3.63, 3.8) is 0 Å². The van der Waals surface area contributed by atoms with E-state index in [0.717, 1.165) is 38.1 Å². The zero-order chi connectivity index (χ0) is 11.4. The van der Waals surface area contributed by atoms with Crippen molar-refractivity contribution < 1.29 is 4.74 Å². The van der Waals surface area contributed by atoms with Crippen LogP contribution in [-0.2, 0) is 4.74 Å². The van der Waals surface area contributed by atoms with Crippen LogP contribution in [0.4, 0.5) is 0 Å². The summed E-state index contributed by atoms with van der Waals surface area (Å²) >= 11 is 0. The van der Waals surface area contributed by atoms with Crippen molar-refractivity contribution in [3.05, 3.63) is 0 Å². The van der Waals surface area contributed by atoms with Gasteiger partial charge in [-0.05, 0) is 37.6 Å². The Bertz CT molecular complexity index is 210. The summed E-state index contributed by atoms with van der Waals surface area (Å²) in [6, 6.07) is 0.646. The van der Waals surface area contributed by atoms with E-state index in [1.54, 1.807) is 0 Å². The van der Waals surface area contributed by atoms with E-state index in [2.05, 4.69) is 11.8 Å². The highest BCUT2D eigenvalue weighted by Crippen LogP contribution is 2.32. The van der Waals surface area contributed by atoms with Crippen LogP contribution in [-0.4, -0.2) is 43.8 Å². The summed E-state index contributed by atoms with van der Waals surface area (Å²) in [4.78, 5) is 2.64. The van der Waals surface area contributed by atoms with Crippen molar-refractivity contribution in [2.75, 3.05) is 32.8 Å². The Hall–Kier alpha value is -0.120. The van der Waals surface area contributed by atoms with E-state index < -0.39 is 0 Å². The highest BCUT2D eigenvalue weighted by Gasteiger charge is 2.30. The standard InChI is InChI=1S/C13H26N2O/c1-2-13-10-16-7-6-15(13)9-12-5-3-4-11(12)8-14/h11-13H,2-10,14H2,1H3. The van der Waals surface area contributed by atoms with Crippen LogP contribution in [0.25, 0.3) is 0 Å². The molecule has 94 valence electrons. The number of nitrogens with zero attached hydrogens (tertiary/aromatic N) is 1. The molecular formula is C13H26N2O. The van der Waals surface area contributed by atoms with Gasteiger partial charge in [-0.25, -0.2) is 0 Å². The molecular weight excluding hydrogens is 200 g/mol. The molecule has 3 heteroatoms. The van der Waals surface area contributed by atoms with Gasteiger partial charge >= 0.3 is 0 Å². The molecule has 1 aliphatic heterocycles. The Morgan fingerprint density at radius 2 is 2.12 bits per heavy atom. The molecule has 2 N–H and O–H groups in total. The zero-order valence-electron chi connectivity index (χ0n) is 10.5. The SMILES string of the molecule is CCC1COCCN1CC1CCCC1CN. The van der Waals surface area contributed by atoms with E-state index in [-0.39, 0.29) is 0 Å². The van der Waals surface area contributed by atoms with Gasteiger partial charge in [0.2, 0.25) is 0 Å². The molecule has 0 aromatic carbocycles. The number of rotatable bonds is 4. The van der Waals surface area contributed by atoms with Gasteiger partial charge in [0, 0.05) is 19.1 Å². The van der Waals surface area contributed by atoms with E-state index in [4.69, 9.17) is 10.5 Å². The van der Waals surface area contributed by atoms with Crippen LogP contribution in [0.1, 0.15) is 32.6 Å². The number of nitrogens with two attached hydrogens (primary N) is 1. The molecule has 0 spiro atoms. The summed E-state index contributed by atoms with van der Waals surface area (Å²) < 4.78 is 5.55. The number of morpholine rings is 1. The Balaban J connectivity index is 1.86. The Kier molecular flexibility index (Phi) is 4.62. The molecule has 3 unspecified atom stereocenters. The van der Waals surface area contributed by atoms with Gasteiger partial charge in [-0.15, -0.1) is 0 Å². The molecule has 2 fully saturated rings. The summed E-state index contributed by atoms with van der Waals surface area (Å²) in [5.41, 5.74) is 5.85. The smallest absolute Gasteiger partial charge is 0.0622 e. The molecule has 0 radical (unpaired) electrons. The molecule has 2 aliphatic rings. The fourth-order valence-electron chi connectivity index (χ4n) is 3.27. The second-order valence-corrected chi connectivity index (χ2v) is 5.32. The van der Waals surface area contributed by atoms with Crippen molar-refractivity contribution in [1.82, 2.24) is 4.90 Å². The average molecular weight is 226 g/mol. The number of hydrogen-bond donors (Lipinski definition) is 1. The molecule has 0 aromatic heterocycles. The molecule has 0 amide bonds. The van der Waals surface area contributed by atoms with Gasteiger partial charge in [0.15, 0.2) is 0 Å². The van der Waals surface area contributed by atoms with Crippen LogP contribution in [0.2, 0.25) is 0 Å². The fraction of sp³-hybridized carbons (Fsp3) is 1.00. The van der Waals surface area contributed by atoms with E-state index in [0.29, 0.717) is 6.04 Å². The van der Waals surface area contributed by atoms with Gasteiger partial charge in [0.25, 0.3) is 0 Å². The largest absolute Gasteiger partial charge is 0.378 e. The number of ether oxygens (including phenoxy) is 1. The van der Waals surface area contributed by atoms with Crippen LogP contribution in [0, 0.1) is 11.8 Å². The van der Waals surface area contributed by atoms with Crippen LogP contribution in [0.3, 0.4) is 0 Å². The van der Waals surface area contributed by atoms with Gasteiger partial charge < -0.3 is 10.5 Å². The summed E-state index contributed by atoms with van der Waals surface area (Å²) in [6.07, 6.45) is 5.33. The minimum absolute atomic E-state index is 0.646. The lowest BCUT2D eigenvalue weighted by molar-refractivity contribution is -0.0175. The fourth-order valence-corrected chi connectivity index (χ4v) is 3.27.